The first-order chi connectivity index (χ1) is 16.4. The number of carbonyl (C=O) groups excluding carboxylic acids is 1. The number of ether oxygens (including phenoxy) is 3. The fraction of sp³-hybridized carbons (Fsp3) is 0.154. The van der Waals surface area contributed by atoms with Crippen LogP contribution in [0.5, 0.6) is 17.2 Å². The van der Waals surface area contributed by atoms with Gasteiger partial charge in [-0.25, -0.2) is 0 Å². The monoisotopic (exact) mass is 496 g/mol. The molecule has 0 heterocycles. The molecular formula is C26H22Cl2N2O4. The minimum atomic E-state index is -0.525. The molecule has 0 saturated heterocycles. The van der Waals surface area contributed by atoms with Crippen LogP contribution in [0.25, 0.3) is 6.08 Å². The van der Waals surface area contributed by atoms with Crippen molar-refractivity contribution in [1.82, 2.24) is 0 Å². The predicted octanol–water partition coefficient (Wildman–Crippen LogP) is 6.53. The summed E-state index contributed by atoms with van der Waals surface area (Å²) in [5.41, 5.74) is 1.87. The van der Waals surface area contributed by atoms with Crippen LogP contribution in [-0.4, -0.2) is 19.6 Å². The number of benzene rings is 3. The number of rotatable bonds is 9. The fourth-order valence-electron chi connectivity index (χ4n) is 3.00. The van der Waals surface area contributed by atoms with E-state index in [2.05, 4.69) is 5.32 Å². The van der Waals surface area contributed by atoms with E-state index < -0.39 is 5.91 Å². The Morgan fingerprint density at radius 3 is 2.44 bits per heavy atom. The summed E-state index contributed by atoms with van der Waals surface area (Å²) in [6, 6.07) is 19.1. The number of halogens is 2. The van der Waals surface area contributed by atoms with E-state index in [-0.39, 0.29) is 12.2 Å². The number of nitrogens with zero attached hydrogens (tertiary/aromatic N) is 1. The van der Waals surface area contributed by atoms with Crippen molar-refractivity contribution < 1.29 is 19.0 Å². The molecule has 8 heteroatoms. The van der Waals surface area contributed by atoms with Gasteiger partial charge in [0.2, 0.25) is 0 Å². The number of anilines is 1. The Kier molecular flexibility index (Phi) is 8.80. The van der Waals surface area contributed by atoms with E-state index in [1.807, 2.05) is 13.0 Å². The van der Waals surface area contributed by atoms with Crippen molar-refractivity contribution in [3.63, 3.8) is 0 Å². The van der Waals surface area contributed by atoms with Crippen molar-refractivity contribution in [1.29, 1.82) is 5.26 Å². The van der Waals surface area contributed by atoms with E-state index in [0.717, 1.165) is 5.56 Å². The number of amides is 1. The first kappa shape index (κ1) is 25.0. The molecule has 1 amide bonds. The van der Waals surface area contributed by atoms with Gasteiger partial charge in [0.15, 0.2) is 11.5 Å². The van der Waals surface area contributed by atoms with E-state index in [9.17, 15) is 10.1 Å². The summed E-state index contributed by atoms with van der Waals surface area (Å²) < 4.78 is 16.7. The molecule has 0 atom stereocenters. The zero-order valence-electron chi connectivity index (χ0n) is 18.6. The van der Waals surface area contributed by atoms with Crippen molar-refractivity contribution in [2.75, 3.05) is 19.0 Å². The summed E-state index contributed by atoms with van der Waals surface area (Å²) in [6.07, 6.45) is 1.48. The molecular weight excluding hydrogens is 475 g/mol. The zero-order valence-corrected chi connectivity index (χ0v) is 20.1. The Morgan fingerprint density at radius 2 is 1.79 bits per heavy atom. The van der Waals surface area contributed by atoms with Crippen LogP contribution in [0.2, 0.25) is 10.0 Å². The lowest BCUT2D eigenvalue weighted by Gasteiger charge is -2.12. The molecule has 0 spiro atoms. The molecule has 0 saturated carbocycles. The molecule has 0 aliphatic carbocycles. The van der Waals surface area contributed by atoms with E-state index in [1.54, 1.807) is 60.7 Å². The number of hydrogen-bond donors (Lipinski definition) is 1. The van der Waals surface area contributed by atoms with Gasteiger partial charge < -0.3 is 19.5 Å². The normalized spacial score (nSPS) is 10.9. The van der Waals surface area contributed by atoms with Gasteiger partial charge in [0, 0.05) is 21.3 Å². The highest BCUT2D eigenvalue weighted by atomic mass is 35.5. The molecule has 1 N–H and O–H groups in total. The summed E-state index contributed by atoms with van der Waals surface area (Å²) in [7, 11) is 1.51. The van der Waals surface area contributed by atoms with Gasteiger partial charge in [0.25, 0.3) is 5.91 Å². The van der Waals surface area contributed by atoms with Gasteiger partial charge in [0.05, 0.1) is 13.7 Å². The number of nitriles is 1. The molecule has 0 aliphatic heterocycles. The van der Waals surface area contributed by atoms with Gasteiger partial charge in [-0.2, -0.15) is 5.26 Å². The third-order valence-corrected chi connectivity index (χ3v) is 5.27. The van der Waals surface area contributed by atoms with Crippen molar-refractivity contribution >= 4 is 40.9 Å². The molecule has 3 aromatic rings. The highest BCUT2D eigenvalue weighted by Gasteiger charge is 2.12. The summed E-state index contributed by atoms with van der Waals surface area (Å²) in [5.74, 6) is 1.11. The highest BCUT2D eigenvalue weighted by Crippen LogP contribution is 2.31. The lowest BCUT2D eigenvalue weighted by atomic mass is 10.1. The fourth-order valence-corrected chi connectivity index (χ4v) is 3.47. The summed E-state index contributed by atoms with van der Waals surface area (Å²) in [4.78, 5) is 12.6. The topological polar surface area (TPSA) is 80.6 Å². The zero-order chi connectivity index (χ0) is 24.5. The van der Waals surface area contributed by atoms with Crippen LogP contribution in [0.1, 0.15) is 18.1 Å². The van der Waals surface area contributed by atoms with Crippen LogP contribution >= 0.6 is 23.2 Å². The Hall–Kier alpha value is -3.66. The molecule has 0 unspecified atom stereocenters. The first-order valence-corrected chi connectivity index (χ1v) is 11.1. The Morgan fingerprint density at radius 1 is 1.03 bits per heavy atom. The average Bonchev–Trinajstić information content (AvgIpc) is 2.83. The average molecular weight is 497 g/mol. The quantitative estimate of drug-likeness (QED) is 0.269. The van der Waals surface area contributed by atoms with Crippen LogP contribution in [0, 0.1) is 11.3 Å². The van der Waals surface area contributed by atoms with Crippen LogP contribution in [0.15, 0.2) is 66.2 Å². The molecule has 0 fully saturated rings. The molecule has 174 valence electrons. The van der Waals surface area contributed by atoms with Gasteiger partial charge in [-0.3, -0.25) is 4.79 Å². The van der Waals surface area contributed by atoms with Crippen molar-refractivity contribution in [2.24, 2.45) is 0 Å². The predicted molar refractivity (Wildman–Crippen MR) is 134 cm³/mol. The largest absolute Gasteiger partial charge is 0.494 e. The van der Waals surface area contributed by atoms with Gasteiger partial charge in [-0.15, -0.1) is 0 Å². The number of methoxy groups -OCH3 is 1. The third-order valence-electron chi connectivity index (χ3n) is 4.69. The van der Waals surface area contributed by atoms with E-state index in [4.69, 9.17) is 37.4 Å². The molecule has 0 aromatic heterocycles. The molecule has 3 rings (SSSR count). The van der Waals surface area contributed by atoms with Gasteiger partial charge in [0.1, 0.15) is 24.0 Å². The Labute approximate surface area is 208 Å². The molecule has 34 heavy (non-hydrogen) atoms. The molecule has 0 aliphatic rings. The maximum Gasteiger partial charge on any atom is 0.266 e. The smallest absolute Gasteiger partial charge is 0.266 e. The van der Waals surface area contributed by atoms with Crippen LogP contribution in [0.4, 0.5) is 5.69 Å². The van der Waals surface area contributed by atoms with E-state index in [1.165, 1.54) is 13.2 Å². The molecule has 3 aromatic carbocycles. The molecule has 0 bridgehead atoms. The van der Waals surface area contributed by atoms with Crippen molar-refractivity contribution in [2.45, 2.75) is 13.5 Å². The Balaban J connectivity index is 1.72. The van der Waals surface area contributed by atoms with Crippen LogP contribution in [-0.2, 0) is 11.4 Å². The summed E-state index contributed by atoms with van der Waals surface area (Å²) >= 11 is 12.1. The maximum atomic E-state index is 12.6. The van der Waals surface area contributed by atoms with Crippen molar-refractivity contribution in [3.8, 4) is 23.3 Å². The minimum absolute atomic E-state index is 0.0578. The summed E-state index contributed by atoms with van der Waals surface area (Å²) in [5, 5.41) is 13.3. The van der Waals surface area contributed by atoms with E-state index in [0.29, 0.717) is 45.2 Å². The minimum Gasteiger partial charge on any atom is -0.494 e. The molecule has 0 radical (unpaired) electrons. The SMILES string of the molecule is CCOc1ccc(NC(=O)/C(C#N)=C\c2ccc(OCc3ccc(Cl)cc3Cl)c(OC)c2)cc1. The van der Waals surface area contributed by atoms with Gasteiger partial charge in [-0.1, -0.05) is 35.3 Å². The number of hydrogen-bond acceptors (Lipinski definition) is 5. The Bertz CT molecular complexity index is 1230. The standard InChI is InChI=1S/C26H22Cl2N2O4/c1-3-33-22-9-7-21(8-10-22)30-26(31)19(15-29)12-17-4-11-24(25(13-17)32-2)34-16-18-5-6-20(27)14-23(18)28/h4-14H,3,16H2,1-2H3,(H,30,31)/b19-12-. The lowest BCUT2D eigenvalue weighted by Crippen LogP contribution is -2.13. The number of carbonyl (C=O) groups is 1. The van der Waals surface area contributed by atoms with Gasteiger partial charge >= 0.3 is 0 Å². The van der Waals surface area contributed by atoms with Crippen LogP contribution in [0.3, 0.4) is 0 Å². The second-order valence-electron chi connectivity index (χ2n) is 7.02. The second kappa shape index (κ2) is 12.0. The number of nitrogens with one attached hydrogen (secondary N) is 1. The first-order valence-electron chi connectivity index (χ1n) is 10.3. The van der Waals surface area contributed by atoms with Gasteiger partial charge in [-0.05, 0) is 67.1 Å². The van der Waals surface area contributed by atoms with Crippen molar-refractivity contribution in [3.05, 3.63) is 87.4 Å². The third kappa shape index (κ3) is 6.67. The van der Waals surface area contributed by atoms with E-state index >= 15 is 0 Å². The van der Waals surface area contributed by atoms with Crippen LogP contribution < -0.4 is 19.5 Å². The highest BCUT2D eigenvalue weighted by molar-refractivity contribution is 6.35. The second-order valence-corrected chi connectivity index (χ2v) is 7.86. The summed E-state index contributed by atoms with van der Waals surface area (Å²) in [6.45, 7) is 2.66. The molecule has 6 nitrogen and oxygen atoms in total. The maximum absolute atomic E-state index is 12.6. The lowest BCUT2D eigenvalue weighted by molar-refractivity contribution is -0.112.